The molecule has 2 heterocycles. The third-order valence-electron chi connectivity index (χ3n) is 3.41. The van der Waals surface area contributed by atoms with Crippen LogP contribution in [-0.4, -0.2) is 47.6 Å². The average molecular weight is 291 g/mol. The second kappa shape index (κ2) is 7.06. The Hall–Kier alpha value is -2.11. The van der Waals surface area contributed by atoms with E-state index in [0.29, 0.717) is 25.4 Å². The number of amides is 2. The summed E-state index contributed by atoms with van der Waals surface area (Å²) in [7, 11) is 0. The summed E-state index contributed by atoms with van der Waals surface area (Å²) in [4.78, 5) is 29.9. The first kappa shape index (κ1) is 15.3. The molecule has 0 spiro atoms. The van der Waals surface area contributed by atoms with Gasteiger partial charge in [0.2, 0.25) is 0 Å². The number of likely N-dealkylation sites (tertiary alicyclic amines) is 1. The molecule has 6 heteroatoms. The number of pyridine rings is 1. The van der Waals surface area contributed by atoms with Crippen LogP contribution in [0.3, 0.4) is 0 Å². The van der Waals surface area contributed by atoms with Gasteiger partial charge in [-0.15, -0.1) is 0 Å². The van der Waals surface area contributed by atoms with Crippen LogP contribution in [0.25, 0.3) is 0 Å². The highest BCUT2D eigenvalue weighted by Crippen LogP contribution is 2.13. The van der Waals surface area contributed by atoms with E-state index < -0.39 is 6.09 Å². The lowest BCUT2D eigenvalue weighted by Crippen LogP contribution is -2.49. The van der Waals surface area contributed by atoms with E-state index in [2.05, 4.69) is 10.3 Å². The van der Waals surface area contributed by atoms with E-state index in [4.69, 9.17) is 4.74 Å². The van der Waals surface area contributed by atoms with E-state index in [0.717, 1.165) is 18.5 Å². The normalized spacial score (nSPS) is 18.2. The molecule has 6 nitrogen and oxygen atoms in total. The van der Waals surface area contributed by atoms with Crippen molar-refractivity contribution in [1.82, 2.24) is 15.2 Å². The molecule has 1 aliphatic rings. The van der Waals surface area contributed by atoms with Gasteiger partial charge in [0.1, 0.15) is 5.69 Å². The first-order valence-electron chi connectivity index (χ1n) is 7.26. The molecule has 1 fully saturated rings. The van der Waals surface area contributed by atoms with Crippen LogP contribution in [0, 0.1) is 6.92 Å². The Balaban J connectivity index is 1.97. The molecule has 114 valence electrons. The summed E-state index contributed by atoms with van der Waals surface area (Å²) in [5.74, 6) is -0.0888. The van der Waals surface area contributed by atoms with Crippen LogP contribution in [0.15, 0.2) is 18.2 Å². The van der Waals surface area contributed by atoms with Gasteiger partial charge in [-0.3, -0.25) is 4.79 Å². The highest BCUT2D eigenvalue weighted by molar-refractivity contribution is 5.92. The molecule has 0 aromatic carbocycles. The van der Waals surface area contributed by atoms with Crippen LogP contribution in [0.2, 0.25) is 0 Å². The molecule has 1 aromatic heterocycles. The van der Waals surface area contributed by atoms with E-state index in [1.807, 2.05) is 19.1 Å². The fourth-order valence-electron chi connectivity index (χ4n) is 2.44. The number of ether oxygens (including phenoxy) is 1. The smallest absolute Gasteiger partial charge is 0.407 e. The largest absolute Gasteiger partial charge is 0.450 e. The number of rotatable bonds is 3. The molecular formula is C15H21N3O3. The van der Waals surface area contributed by atoms with E-state index in [9.17, 15) is 9.59 Å². The summed E-state index contributed by atoms with van der Waals surface area (Å²) in [6.07, 6.45) is 1.28. The van der Waals surface area contributed by atoms with Crippen LogP contribution < -0.4 is 5.32 Å². The van der Waals surface area contributed by atoms with Gasteiger partial charge in [-0.25, -0.2) is 9.78 Å². The molecule has 1 atom stereocenters. The molecule has 0 radical (unpaired) electrons. The Bertz CT molecular complexity index is 519. The Labute approximate surface area is 124 Å². The third-order valence-corrected chi connectivity index (χ3v) is 3.41. The molecule has 1 unspecified atom stereocenters. The summed E-state index contributed by atoms with van der Waals surface area (Å²) in [6.45, 7) is 5.15. The van der Waals surface area contributed by atoms with Gasteiger partial charge in [0, 0.05) is 24.8 Å². The fraction of sp³-hybridized carbons (Fsp3) is 0.533. The van der Waals surface area contributed by atoms with Crippen molar-refractivity contribution >= 4 is 12.0 Å². The van der Waals surface area contributed by atoms with Gasteiger partial charge in [0.05, 0.1) is 6.61 Å². The van der Waals surface area contributed by atoms with Gasteiger partial charge in [0.25, 0.3) is 5.91 Å². The molecule has 0 bridgehead atoms. The third kappa shape index (κ3) is 4.18. The second-order valence-electron chi connectivity index (χ2n) is 5.12. The maximum Gasteiger partial charge on any atom is 0.407 e. The molecule has 0 saturated carbocycles. The van der Waals surface area contributed by atoms with Gasteiger partial charge in [-0.05, 0) is 38.8 Å². The molecule has 1 N–H and O–H groups in total. The summed E-state index contributed by atoms with van der Waals surface area (Å²) in [6, 6.07) is 5.34. The zero-order valence-corrected chi connectivity index (χ0v) is 12.5. The first-order valence-corrected chi connectivity index (χ1v) is 7.26. The van der Waals surface area contributed by atoms with Crippen molar-refractivity contribution in [2.24, 2.45) is 0 Å². The lowest BCUT2D eigenvalue weighted by atomic mass is 10.1. The molecule has 2 amide bonds. The van der Waals surface area contributed by atoms with Gasteiger partial charge < -0.3 is 15.0 Å². The number of piperidine rings is 1. The van der Waals surface area contributed by atoms with Crippen molar-refractivity contribution in [3.63, 3.8) is 0 Å². The Morgan fingerprint density at radius 2 is 2.29 bits per heavy atom. The molecule has 1 saturated heterocycles. The zero-order chi connectivity index (χ0) is 15.2. The minimum Gasteiger partial charge on any atom is -0.450 e. The predicted octanol–water partition coefficient (Wildman–Crippen LogP) is 1.74. The number of nitrogens with one attached hydrogen (secondary N) is 1. The summed E-state index contributed by atoms with van der Waals surface area (Å²) >= 11 is 0. The number of alkyl carbamates (subject to hydrolysis) is 1. The molecule has 1 aromatic rings. The van der Waals surface area contributed by atoms with E-state index in [1.165, 1.54) is 0 Å². The van der Waals surface area contributed by atoms with E-state index in [-0.39, 0.29) is 11.9 Å². The zero-order valence-electron chi connectivity index (χ0n) is 12.5. The monoisotopic (exact) mass is 291 g/mol. The fourth-order valence-corrected chi connectivity index (χ4v) is 2.44. The molecule has 1 aliphatic heterocycles. The molecule has 2 rings (SSSR count). The van der Waals surface area contributed by atoms with Crippen molar-refractivity contribution in [1.29, 1.82) is 0 Å². The maximum atomic E-state index is 12.4. The highest BCUT2D eigenvalue weighted by atomic mass is 16.5. The van der Waals surface area contributed by atoms with Crippen LogP contribution in [0.4, 0.5) is 4.79 Å². The Kier molecular flexibility index (Phi) is 5.14. The highest BCUT2D eigenvalue weighted by Gasteiger charge is 2.26. The van der Waals surface area contributed by atoms with Crippen molar-refractivity contribution in [3.05, 3.63) is 29.6 Å². The molecule has 0 aliphatic carbocycles. The van der Waals surface area contributed by atoms with Gasteiger partial charge in [-0.1, -0.05) is 6.07 Å². The van der Waals surface area contributed by atoms with Crippen LogP contribution in [-0.2, 0) is 4.74 Å². The minimum atomic E-state index is -0.425. The molecular weight excluding hydrogens is 270 g/mol. The topological polar surface area (TPSA) is 71.5 Å². The summed E-state index contributed by atoms with van der Waals surface area (Å²) in [5, 5.41) is 2.79. The second-order valence-corrected chi connectivity index (χ2v) is 5.12. The van der Waals surface area contributed by atoms with Crippen molar-refractivity contribution in [2.45, 2.75) is 32.7 Å². The van der Waals surface area contributed by atoms with Crippen molar-refractivity contribution in [3.8, 4) is 0 Å². The average Bonchev–Trinajstić information content (AvgIpc) is 2.47. The van der Waals surface area contributed by atoms with Crippen LogP contribution >= 0.6 is 0 Å². The van der Waals surface area contributed by atoms with E-state index in [1.54, 1.807) is 17.9 Å². The number of aryl methyl sites for hydroxylation is 1. The van der Waals surface area contributed by atoms with E-state index >= 15 is 0 Å². The minimum absolute atomic E-state index is 0.0634. The van der Waals surface area contributed by atoms with Gasteiger partial charge >= 0.3 is 6.09 Å². The summed E-state index contributed by atoms with van der Waals surface area (Å²) in [5.41, 5.74) is 1.27. The number of hydrogen-bond donors (Lipinski definition) is 1. The van der Waals surface area contributed by atoms with Gasteiger partial charge in [-0.2, -0.15) is 0 Å². The molecule has 21 heavy (non-hydrogen) atoms. The lowest BCUT2D eigenvalue weighted by molar-refractivity contribution is 0.0680. The SMILES string of the molecule is CCOC(=O)NC1CCCN(C(=O)c2cccc(C)n2)C1. The maximum absolute atomic E-state index is 12.4. The van der Waals surface area contributed by atoms with Crippen LogP contribution in [0.1, 0.15) is 35.9 Å². The first-order chi connectivity index (χ1) is 10.1. The predicted molar refractivity (Wildman–Crippen MR) is 78.1 cm³/mol. The Morgan fingerprint density at radius 3 is 3.00 bits per heavy atom. The number of carbonyl (C=O) groups excluding carboxylic acids is 2. The van der Waals surface area contributed by atoms with Crippen LogP contribution in [0.5, 0.6) is 0 Å². The standard InChI is InChI=1S/C15H21N3O3/c1-3-21-15(20)17-12-7-5-9-18(10-12)14(19)13-8-4-6-11(2)16-13/h4,6,8,12H,3,5,7,9-10H2,1-2H3,(H,17,20). The number of nitrogens with zero attached hydrogens (tertiary/aromatic N) is 2. The summed E-state index contributed by atoms with van der Waals surface area (Å²) < 4.78 is 4.87. The number of aromatic nitrogens is 1. The Morgan fingerprint density at radius 1 is 1.48 bits per heavy atom. The van der Waals surface area contributed by atoms with Crippen molar-refractivity contribution in [2.75, 3.05) is 19.7 Å². The van der Waals surface area contributed by atoms with Crippen molar-refractivity contribution < 1.29 is 14.3 Å². The number of hydrogen-bond acceptors (Lipinski definition) is 4. The van der Waals surface area contributed by atoms with Gasteiger partial charge in [0.15, 0.2) is 0 Å². The quantitative estimate of drug-likeness (QED) is 0.920. The lowest BCUT2D eigenvalue weighted by Gasteiger charge is -2.32. The number of carbonyl (C=O) groups is 2.